The molecule has 1 aliphatic rings. The van der Waals surface area contributed by atoms with E-state index in [0.717, 1.165) is 19.4 Å². The second-order valence-electron chi connectivity index (χ2n) is 4.03. The summed E-state index contributed by atoms with van der Waals surface area (Å²) in [6.07, 6.45) is 3.70. The number of aromatic nitrogens is 2. The number of hydrogen-bond acceptors (Lipinski definition) is 4. The predicted molar refractivity (Wildman–Crippen MR) is 60.1 cm³/mol. The number of nitrogens with one attached hydrogen (secondary N) is 1. The van der Waals surface area contributed by atoms with Crippen LogP contribution in [0.2, 0.25) is 0 Å². The van der Waals surface area contributed by atoms with Crippen LogP contribution in [0.5, 0.6) is 0 Å². The van der Waals surface area contributed by atoms with Gasteiger partial charge in [0.25, 0.3) is 0 Å². The molecule has 6 heteroatoms. The number of amides is 1. The molecule has 1 amide bonds. The van der Waals surface area contributed by atoms with E-state index in [1.165, 1.54) is 10.9 Å². The van der Waals surface area contributed by atoms with Crippen LogP contribution in [0.3, 0.4) is 0 Å². The molecule has 17 heavy (non-hydrogen) atoms. The lowest BCUT2D eigenvalue weighted by Crippen LogP contribution is -2.21. The van der Waals surface area contributed by atoms with E-state index in [0.29, 0.717) is 17.8 Å². The summed E-state index contributed by atoms with van der Waals surface area (Å²) in [6.45, 7) is 0.729. The van der Waals surface area contributed by atoms with E-state index >= 15 is 0 Å². The van der Waals surface area contributed by atoms with Crippen LogP contribution in [0.4, 0.5) is 5.82 Å². The first-order chi connectivity index (χ1) is 8.20. The van der Waals surface area contributed by atoms with E-state index in [-0.39, 0.29) is 12.0 Å². The molecule has 1 atom stereocenters. The zero-order valence-electron chi connectivity index (χ0n) is 9.64. The van der Waals surface area contributed by atoms with Crippen molar-refractivity contribution in [2.24, 2.45) is 7.05 Å². The second-order valence-corrected chi connectivity index (χ2v) is 4.03. The minimum absolute atomic E-state index is 0.00811. The smallest absolute Gasteiger partial charge is 0.228 e. The van der Waals surface area contributed by atoms with E-state index in [4.69, 9.17) is 10.00 Å². The Labute approximate surface area is 99.2 Å². The van der Waals surface area contributed by atoms with Gasteiger partial charge in [0.15, 0.2) is 0 Å². The van der Waals surface area contributed by atoms with Crippen LogP contribution in [-0.2, 0) is 16.6 Å². The average molecular weight is 234 g/mol. The number of aryl methyl sites for hydroxylation is 1. The number of carbonyl (C=O) groups is 1. The number of rotatable bonds is 3. The van der Waals surface area contributed by atoms with Gasteiger partial charge in [0.05, 0.1) is 18.7 Å². The monoisotopic (exact) mass is 234 g/mol. The van der Waals surface area contributed by atoms with Crippen molar-refractivity contribution in [3.63, 3.8) is 0 Å². The molecule has 1 fully saturated rings. The van der Waals surface area contributed by atoms with Gasteiger partial charge >= 0.3 is 0 Å². The largest absolute Gasteiger partial charge is 0.378 e. The predicted octanol–water partition coefficient (Wildman–Crippen LogP) is 0.799. The molecule has 0 radical (unpaired) electrons. The van der Waals surface area contributed by atoms with Crippen molar-refractivity contribution in [3.05, 3.63) is 11.8 Å². The Morgan fingerprint density at radius 1 is 1.82 bits per heavy atom. The number of nitriles is 1. The summed E-state index contributed by atoms with van der Waals surface area (Å²) in [5, 5.41) is 15.5. The van der Waals surface area contributed by atoms with Crippen LogP contribution in [0.15, 0.2) is 6.20 Å². The van der Waals surface area contributed by atoms with E-state index in [2.05, 4.69) is 10.4 Å². The fourth-order valence-electron chi connectivity index (χ4n) is 1.86. The Morgan fingerprint density at radius 3 is 3.29 bits per heavy atom. The Balaban J connectivity index is 1.97. The fraction of sp³-hybridized carbons (Fsp3) is 0.545. The van der Waals surface area contributed by atoms with Crippen LogP contribution in [0.1, 0.15) is 24.8 Å². The minimum Gasteiger partial charge on any atom is -0.378 e. The Kier molecular flexibility index (Phi) is 3.40. The molecule has 2 heterocycles. The van der Waals surface area contributed by atoms with Gasteiger partial charge in [-0.3, -0.25) is 9.48 Å². The molecule has 1 saturated heterocycles. The molecule has 90 valence electrons. The molecule has 1 N–H and O–H groups in total. The molecule has 2 rings (SSSR count). The molecule has 0 aromatic carbocycles. The quantitative estimate of drug-likeness (QED) is 0.838. The summed E-state index contributed by atoms with van der Waals surface area (Å²) < 4.78 is 6.86. The molecule has 6 nitrogen and oxygen atoms in total. The maximum atomic E-state index is 11.7. The van der Waals surface area contributed by atoms with E-state index in [1.807, 2.05) is 6.07 Å². The lowest BCUT2D eigenvalue weighted by Gasteiger charge is -2.10. The first-order valence-corrected chi connectivity index (χ1v) is 5.54. The van der Waals surface area contributed by atoms with Gasteiger partial charge in [-0.15, -0.1) is 0 Å². The summed E-state index contributed by atoms with van der Waals surface area (Å²) >= 11 is 0. The molecular formula is C11H14N4O2. The topological polar surface area (TPSA) is 79.9 Å². The molecule has 1 aliphatic heterocycles. The standard InChI is InChI=1S/C11H14N4O2/c1-15-11(8(6-12)7-13-15)14-10(16)5-9-3-2-4-17-9/h7,9H,2-5H2,1H3,(H,14,16). The van der Waals surface area contributed by atoms with E-state index < -0.39 is 0 Å². The number of anilines is 1. The average Bonchev–Trinajstić information content (AvgIpc) is 2.90. The first-order valence-electron chi connectivity index (χ1n) is 5.54. The van der Waals surface area contributed by atoms with Gasteiger partial charge in [-0.1, -0.05) is 0 Å². The van der Waals surface area contributed by atoms with Crippen molar-refractivity contribution in [3.8, 4) is 6.07 Å². The number of nitrogens with zero attached hydrogens (tertiary/aromatic N) is 3. The van der Waals surface area contributed by atoms with Crippen LogP contribution < -0.4 is 5.32 Å². The molecule has 0 bridgehead atoms. The zero-order valence-corrected chi connectivity index (χ0v) is 9.64. The van der Waals surface area contributed by atoms with Crippen LogP contribution in [-0.4, -0.2) is 28.4 Å². The molecule has 1 unspecified atom stereocenters. The van der Waals surface area contributed by atoms with Gasteiger partial charge in [0.1, 0.15) is 17.5 Å². The van der Waals surface area contributed by atoms with Crippen LogP contribution in [0, 0.1) is 11.3 Å². The summed E-state index contributed by atoms with van der Waals surface area (Å²) in [5.41, 5.74) is 0.369. The van der Waals surface area contributed by atoms with Gasteiger partial charge in [-0.25, -0.2) is 0 Å². The van der Waals surface area contributed by atoms with Crippen LogP contribution in [0.25, 0.3) is 0 Å². The minimum atomic E-state index is -0.142. The Bertz CT molecular complexity index is 455. The molecule has 1 aromatic rings. The third kappa shape index (κ3) is 2.63. The number of ether oxygens (including phenoxy) is 1. The summed E-state index contributed by atoms with van der Waals surface area (Å²) in [6, 6.07) is 1.99. The van der Waals surface area contributed by atoms with Gasteiger partial charge in [0.2, 0.25) is 5.91 Å². The molecular weight excluding hydrogens is 220 g/mol. The van der Waals surface area contributed by atoms with Gasteiger partial charge in [-0.05, 0) is 12.8 Å². The van der Waals surface area contributed by atoms with Crippen molar-refractivity contribution in [1.82, 2.24) is 9.78 Å². The normalized spacial score (nSPS) is 18.9. The summed E-state index contributed by atoms with van der Waals surface area (Å²) in [4.78, 5) is 11.7. The molecule has 0 spiro atoms. The second kappa shape index (κ2) is 4.97. The van der Waals surface area contributed by atoms with Gasteiger partial charge < -0.3 is 10.1 Å². The summed E-state index contributed by atoms with van der Waals surface area (Å²) in [7, 11) is 1.68. The third-order valence-electron chi connectivity index (χ3n) is 2.75. The maximum absolute atomic E-state index is 11.7. The number of carbonyl (C=O) groups excluding carboxylic acids is 1. The fourth-order valence-corrected chi connectivity index (χ4v) is 1.86. The van der Waals surface area contributed by atoms with Crippen molar-refractivity contribution in [1.29, 1.82) is 5.26 Å². The van der Waals surface area contributed by atoms with Gasteiger partial charge in [0, 0.05) is 13.7 Å². The van der Waals surface area contributed by atoms with Crippen molar-refractivity contribution < 1.29 is 9.53 Å². The Morgan fingerprint density at radius 2 is 2.65 bits per heavy atom. The highest BCUT2D eigenvalue weighted by Crippen LogP contribution is 2.17. The highest BCUT2D eigenvalue weighted by Gasteiger charge is 2.20. The van der Waals surface area contributed by atoms with E-state index in [1.54, 1.807) is 7.05 Å². The molecule has 0 aliphatic carbocycles. The number of hydrogen-bond donors (Lipinski definition) is 1. The summed E-state index contributed by atoms with van der Waals surface area (Å²) in [5.74, 6) is 0.299. The van der Waals surface area contributed by atoms with Gasteiger partial charge in [-0.2, -0.15) is 10.4 Å². The van der Waals surface area contributed by atoms with E-state index in [9.17, 15) is 4.79 Å². The third-order valence-corrected chi connectivity index (χ3v) is 2.75. The lowest BCUT2D eigenvalue weighted by atomic mass is 10.2. The van der Waals surface area contributed by atoms with Crippen molar-refractivity contribution in [2.75, 3.05) is 11.9 Å². The highest BCUT2D eigenvalue weighted by atomic mass is 16.5. The highest BCUT2D eigenvalue weighted by molar-refractivity contribution is 5.91. The zero-order chi connectivity index (χ0) is 12.3. The first kappa shape index (κ1) is 11.6. The SMILES string of the molecule is Cn1ncc(C#N)c1NC(=O)CC1CCCO1. The Hall–Kier alpha value is -1.87. The molecule has 0 saturated carbocycles. The maximum Gasteiger partial charge on any atom is 0.228 e. The molecule has 1 aromatic heterocycles. The van der Waals surface area contributed by atoms with Crippen LogP contribution >= 0.6 is 0 Å². The lowest BCUT2D eigenvalue weighted by molar-refractivity contribution is -0.118. The van der Waals surface area contributed by atoms with Crippen molar-refractivity contribution >= 4 is 11.7 Å². The van der Waals surface area contributed by atoms with Crippen molar-refractivity contribution in [2.45, 2.75) is 25.4 Å².